The van der Waals surface area contributed by atoms with E-state index in [2.05, 4.69) is 32.7 Å². The van der Waals surface area contributed by atoms with Crippen molar-refractivity contribution in [3.05, 3.63) is 65.7 Å². The van der Waals surface area contributed by atoms with Crippen molar-refractivity contribution in [3.8, 4) is 11.6 Å². The molecule has 38 heavy (non-hydrogen) atoms. The van der Waals surface area contributed by atoms with Gasteiger partial charge >= 0.3 is 6.03 Å². The van der Waals surface area contributed by atoms with E-state index in [-0.39, 0.29) is 41.2 Å². The summed E-state index contributed by atoms with van der Waals surface area (Å²) in [5, 5.41) is 17.9. The number of carbonyl (C=O) groups is 3. The highest BCUT2D eigenvalue weighted by Gasteiger charge is 2.52. The van der Waals surface area contributed by atoms with Gasteiger partial charge < -0.3 is 25.6 Å². The normalized spacial score (nSPS) is 26.1. The minimum Gasteiger partial charge on any atom is -0.438 e. The number of anilines is 1. The zero-order valence-electron chi connectivity index (χ0n) is 20.5. The second kappa shape index (κ2) is 10.1. The monoisotopic (exact) mass is 533 g/mol. The maximum Gasteiger partial charge on any atom is 0.327 e. The topological polar surface area (TPSA) is 129 Å². The van der Waals surface area contributed by atoms with Gasteiger partial charge in [0.1, 0.15) is 5.75 Å². The Morgan fingerprint density at radius 1 is 1.16 bits per heavy atom. The largest absolute Gasteiger partial charge is 0.438 e. The number of likely N-dealkylation sites (tertiary alicyclic amines) is 1. The first-order chi connectivity index (χ1) is 18.5. The molecule has 3 fully saturated rings. The average molecular weight is 534 g/mol. The van der Waals surface area contributed by atoms with Crippen LogP contribution in [0.25, 0.3) is 0 Å². The van der Waals surface area contributed by atoms with Gasteiger partial charge in [0.05, 0.1) is 16.3 Å². The number of ether oxygens (including phenoxy) is 1. The van der Waals surface area contributed by atoms with Crippen molar-refractivity contribution < 1.29 is 19.1 Å². The number of nitrogens with zero attached hydrogens (tertiary/aromatic N) is 4. The molecule has 4 atom stereocenters. The molecule has 1 aromatic carbocycles. The molecule has 5 heterocycles. The second-order valence-electron chi connectivity index (χ2n) is 9.51. The number of aromatic nitrogens is 2. The molecule has 0 spiro atoms. The smallest absolute Gasteiger partial charge is 0.327 e. The van der Waals surface area contributed by atoms with Gasteiger partial charge in [0.25, 0.3) is 5.91 Å². The molecule has 4 aliphatic heterocycles. The molecule has 11 nitrogen and oxygen atoms in total. The Balaban J connectivity index is 1.19. The summed E-state index contributed by atoms with van der Waals surface area (Å²) in [6.07, 6.45) is 2.67. The van der Waals surface area contributed by atoms with E-state index in [0.717, 1.165) is 0 Å². The number of piperidine rings is 1. The maximum absolute atomic E-state index is 13.3. The molecule has 4 amide bonds. The van der Waals surface area contributed by atoms with Crippen LogP contribution < -0.4 is 25.6 Å². The number of hydrogen-bond acceptors (Lipinski definition) is 8. The van der Waals surface area contributed by atoms with E-state index in [9.17, 15) is 14.4 Å². The molecule has 196 valence electrons. The molecule has 12 heteroatoms. The van der Waals surface area contributed by atoms with Gasteiger partial charge in [0.15, 0.2) is 5.82 Å². The highest BCUT2D eigenvalue weighted by atomic mass is 32.2. The number of urea groups is 1. The molecule has 3 N–H and O–H groups in total. The van der Waals surface area contributed by atoms with E-state index < -0.39 is 0 Å². The van der Waals surface area contributed by atoms with Crippen molar-refractivity contribution in [2.75, 3.05) is 24.5 Å². The molecule has 3 unspecified atom stereocenters. The van der Waals surface area contributed by atoms with Gasteiger partial charge in [-0.05, 0) is 43.7 Å². The number of amides is 4. The summed E-state index contributed by atoms with van der Waals surface area (Å²) in [4.78, 5) is 42.4. The molecule has 6 rings (SSSR count). The molecular weight excluding hydrogens is 506 g/mol. The van der Waals surface area contributed by atoms with Crippen LogP contribution in [0.3, 0.4) is 0 Å². The Kier molecular flexibility index (Phi) is 6.50. The van der Waals surface area contributed by atoms with Crippen LogP contribution in [0, 0.1) is 5.92 Å². The molecule has 0 saturated carbocycles. The van der Waals surface area contributed by atoms with Crippen LogP contribution in [0.2, 0.25) is 0 Å². The quantitative estimate of drug-likeness (QED) is 0.481. The lowest BCUT2D eigenvalue weighted by Gasteiger charge is -2.45. The fourth-order valence-electron chi connectivity index (χ4n) is 5.45. The third-order valence-electron chi connectivity index (χ3n) is 7.20. The molecule has 0 aliphatic carbocycles. The van der Waals surface area contributed by atoms with Crippen LogP contribution in [0.15, 0.2) is 65.7 Å². The number of hydrogen-bond donors (Lipinski definition) is 3. The predicted octanol–water partition coefficient (Wildman–Crippen LogP) is 1.96. The van der Waals surface area contributed by atoms with Gasteiger partial charge in [-0.3, -0.25) is 14.5 Å². The van der Waals surface area contributed by atoms with E-state index in [1.807, 2.05) is 30.3 Å². The van der Waals surface area contributed by atoms with E-state index in [1.54, 1.807) is 21.9 Å². The van der Waals surface area contributed by atoms with Gasteiger partial charge in [-0.2, -0.15) is 0 Å². The van der Waals surface area contributed by atoms with E-state index in [0.29, 0.717) is 60.5 Å². The summed E-state index contributed by atoms with van der Waals surface area (Å²) in [7, 11) is 0. The third kappa shape index (κ3) is 4.50. The zero-order chi connectivity index (χ0) is 26.2. The van der Waals surface area contributed by atoms with E-state index in [1.165, 1.54) is 17.8 Å². The predicted molar refractivity (Wildman–Crippen MR) is 141 cm³/mol. The molecule has 2 aromatic rings. The Morgan fingerprint density at radius 2 is 2.00 bits per heavy atom. The lowest BCUT2D eigenvalue weighted by atomic mass is 9.86. The van der Waals surface area contributed by atoms with Crippen molar-refractivity contribution in [3.63, 3.8) is 0 Å². The number of nitrogens with one attached hydrogen (secondary N) is 3. The van der Waals surface area contributed by atoms with Gasteiger partial charge in [0.2, 0.25) is 11.8 Å². The van der Waals surface area contributed by atoms with Crippen molar-refractivity contribution in [1.82, 2.24) is 31.0 Å². The number of para-hydroxylation sites is 1. The summed E-state index contributed by atoms with van der Waals surface area (Å²) in [5.74, 6) is 0.933. The summed E-state index contributed by atoms with van der Waals surface area (Å²) in [6.45, 7) is 5.25. The Morgan fingerprint density at radius 3 is 2.76 bits per heavy atom. The van der Waals surface area contributed by atoms with Crippen LogP contribution in [0.5, 0.6) is 11.6 Å². The standard InChI is InChI=1S/C26H27N7O4S/c1-2-20(34)32-13-11-15(14-32)28-24(35)23-22-21-17(10-12-27-25(21)38-23)33(26(36)29-22)18-8-9-19(31-30-18)37-16-6-4-3-5-7-16/h2-9,15,17,21,25,27H,1,10-14H2,(H,28,35)(H,29,36)/t15-,17?,21?,25?/m1/s1. The van der Waals surface area contributed by atoms with Gasteiger partial charge in [-0.25, -0.2) is 4.79 Å². The van der Waals surface area contributed by atoms with Crippen LogP contribution in [0.1, 0.15) is 12.8 Å². The molecule has 0 radical (unpaired) electrons. The Bertz CT molecular complexity index is 1300. The fraction of sp³-hybridized carbons (Fsp3) is 0.346. The van der Waals surface area contributed by atoms with Crippen LogP contribution >= 0.6 is 11.8 Å². The van der Waals surface area contributed by atoms with Gasteiger partial charge in [-0.15, -0.1) is 10.2 Å². The van der Waals surface area contributed by atoms with Crippen LogP contribution in [0.4, 0.5) is 10.6 Å². The number of carbonyl (C=O) groups excluding carboxylic acids is 3. The maximum atomic E-state index is 13.3. The lowest BCUT2D eigenvalue weighted by Crippen LogP contribution is -2.62. The van der Waals surface area contributed by atoms with E-state index in [4.69, 9.17) is 4.74 Å². The van der Waals surface area contributed by atoms with Crippen LogP contribution in [-0.4, -0.2) is 70.0 Å². The highest BCUT2D eigenvalue weighted by molar-refractivity contribution is 8.04. The summed E-state index contributed by atoms with van der Waals surface area (Å²) in [6, 6.07) is 12.0. The summed E-state index contributed by atoms with van der Waals surface area (Å²) < 4.78 is 5.73. The van der Waals surface area contributed by atoms with Crippen molar-refractivity contribution in [2.24, 2.45) is 5.92 Å². The van der Waals surface area contributed by atoms with Gasteiger partial charge in [-0.1, -0.05) is 36.5 Å². The number of thioether (sulfide) groups is 1. The minimum absolute atomic E-state index is 0.0522. The lowest BCUT2D eigenvalue weighted by molar-refractivity contribution is -0.125. The first-order valence-corrected chi connectivity index (χ1v) is 13.4. The third-order valence-corrected chi connectivity index (χ3v) is 8.55. The van der Waals surface area contributed by atoms with Crippen molar-refractivity contribution >= 4 is 35.4 Å². The van der Waals surface area contributed by atoms with Crippen molar-refractivity contribution in [2.45, 2.75) is 30.3 Å². The first-order valence-electron chi connectivity index (χ1n) is 12.5. The minimum atomic E-state index is -0.343. The summed E-state index contributed by atoms with van der Waals surface area (Å²) >= 11 is 1.44. The second-order valence-corrected chi connectivity index (χ2v) is 10.7. The van der Waals surface area contributed by atoms with E-state index >= 15 is 0 Å². The fourth-order valence-corrected chi connectivity index (χ4v) is 6.85. The van der Waals surface area contributed by atoms with Crippen LogP contribution in [-0.2, 0) is 9.59 Å². The molecule has 3 saturated heterocycles. The number of rotatable bonds is 6. The molecular formula is C26H27N7O4S. The average Bonchev–Trinajstić information content (AvgIpc) is 3.55. The van der Waals surface area contributed by atoms with Gasteiger partial charge in [0, 0.05) is 36.8 Å². The highest BCUT2D eigenvalue weighted by Crippen LogP contribution is 2.47. The zero-order valence-corrected chi connectivity index (χ0v) is 21.3. The molecule has 4 aliphatic rings. The molecule has 0 bridgehead atoms. The Labute approximate surface area is 223 Å². The Hall–Kier alpha value is -3.90. The van der Waals surface area contributed by atoms with Crippen molar-refractivity contribution in [1.29, 1.82) is 0 Å². The summed E-state index contributed by atoms with van der Waals surface area (Å²) in [5.41, 5.74) is 0.643. The number of benzene rings is 1. The first kappa shape index (κ1) is 24.4. The molecule has 1 aromatic heterocycles. The SMILES string of the molecule is C=CC(=O)N1CC[C@@H](NC(=O)C2=C3NC(=O)N(c4ccc(Oc5ccccc5)nn4)C4CCNC(S2)C34)C1.